The number of hydrogen-bond acceptors (Lipinski definition) is 5. The Morgan fingerprint density at radius 3 is 2.74 bits per heavy atom. The second-order valence-corrected chi connectivity index (χ2v) is 8.17. The van der Waals surface area contributed by atoms with E-state index in [1.54, 1.807) is 0 Å². The Bertz CT molecular complexity index is 827. The van der Waals surface area contributed by atoms with Crippen LogP contribution < -0.4 is 15.8 Å². The summed E-state index contributed by atoms with van der Waals surface area (Å²) >= 11 is 0. The van der Waals surface area contributed by atoms with Gasteiger partial charge in [0, 0.05) is 17.3 Å². The lowest BCUT2D eigenvalue weighted by Crippen LogP contribution is -2.50. The Morgan fingerprint density at radius 2 is 2.04 bits per heavy atom. The molecule has 146 valence electrons. The number of carbonyl (C=O) groups excluding carboxylic acids is 1. The molecule has 0 unspecified atom stereocenters. The number of anilines is 1. The molecule has 3 rings (SSSR count). The summed E-state index contributed by atoms with van der Waals surface area (Å²) in [4.78, 5) is 17.1. The molecule has 4 N–H and O–H groups in total. The minimum absolute atomic E-state index is 0.0326. The van der Waals surface area contributed by atoms with E-state index >= 15 is 0 Å². The highest BCUT2D eigenvalue weighted by atomic mass is 16.5. The number of fused-ring (bicyclic) bond motifs is 1. The van der Waals surface area contributed by atoms with Crippen LogP contribution in [-0.4, -0.2) is 34.2 Å². The first-order chi connectivity index (χ1) is 12.7. The van der Waals surface area contributed by atoms with Gasteiger partial charge in [0.05, 0.1) is 22.5 Å². The van der Waals surface area contributed by atoms with Gasteiger partial charge in [-0.05, 0) is 64.7 Å². The third kappa shape index (κ3) is 4.69. The van der Waals surface area contributed by atoms with Crippen molar-refractivity contribution >= 4 is 22.5 Å². The normalized spacial score (nSPS) is 20.4. The Balaban J connectivity index is 1.67. The maximum Gasteiger partial charge on any atom is 0.223 e. The fourth-order valence-electron chi connectivity index (χ4n) is 3.61. The van der Waals surface area contributed by atoms with E-state index in [2.05, 4.69) is 10.3 Å². The maximum atomic E-state index is 12.6. The zero-order valence-electron chi connectivity index (χ0n) is 16.3. The van der Waals surface area contributed by atoms with E-state index in [9.17, 15) is 9.90 Å². The zero-order valence-corrected chi connectivity index (χ0v) is 16.3. The topological polar surface area (TPSA) is 97.5 Å². The van der Waals surface area contributed by atoms with E-state index in [1.807, 2.05) is 45.0 Å². The van der Waals surface area contributed by atoms with Gasteiger partial charge in [-0.2, -0.15) is 0 Å². The van der Waals surface area contributed by atoms with E-state index < -0.39 is 5.54 Å². The van der Waals surface area contributed by atoms with Gasteiger partial charge in [0.15, 0.2) is 0 Å². The molecule has 1 aromatic heterocycles. The number of nitrogens with zero attached hydrogens (tertiary/aromatic N) is 1. The fraction of sp³-hybridized carbons (Fsp3) is 0.524. The highest BCUT2D eigenvalue weighted by Gasteiger charge is 2.29. The van der Waals surface area contributed by atoms with E-state index in [-0.39, 0.29) is 17.9 Å². The monoisotopic (exact) mass is 371 g/mol. The molecule has 0 saturated heterocycles. The van der Waals surface area contributed by atoms with Gasteiger partial charge in [0.25, 0.3) is 0 Å². The molecule has 1 heterocycles. The van der Waals surface area contributed by atoms with Crippen molar-refractivity contribution in [2.75, 3.05) is 12.3 Å². The molecule has 1 fully saturated rings. The van der Waals surface area contributed by atoms with Crippen LogP contribution in [-0.2, 0) is 4.79 Å². The van der Waals surface area contributed by atoms with Crippen molar-refractivity contribution in [3.63, 3.8) is 0 Å². The van der Waals surface area contributed by atoms with Gasteiger partial charge in [0.1, 0.15) is 12.4 Å². The number of nitrogens with one attached hydrogen (secondary N) is 1. The van der Waals surface area contributed by atoms with Crippen LogP contribution in [0.3, 0.4) is 0 Å². The molecule has 0 atom stereocenters. The number of rotatable bonds is 5. The van der Waals surface area contributed by atoms with Gasteiger partial charge in [-0.25, -0.2) is 0 Å². The van der Waals surface area contributed by atoms with Gasteiger partial charge in [-0.15, -0.1) is 0 Å². The summed E-state index contributed by atoms with van der Waals surface area (Å²) in [6.07, 6.45) is 2.58. The van der Waals surface area contributed by atoms with Crippen LogP contribution in [0.5, 0.6) is 5.75 Å². The minimum Gasteiger partial charge on any atom is -0.490 e. The second-order valence-electron chi connectivity index (χ2n) is 8.17. The Kier molecular flexibility index (Phi) is 5.56. The third-order valence-corrected chi connectivity index (χ3v) is 5.07. The van der Waals surface area contributed by atoms with Crippen molar-refractivity contribution in [2.45, 2.75) is 58.1 Å². The van der Waals surface area contributed by atoms with Crippen molar-refractivity contribution in [1.82, 2.24) is 10.3 Å². The molecular weight excluding hydrogens is 342 g/mol. The number of aliphatic hydroxyl groups is 1. The fourth-order valence-corrected chi connectivity index (χ4v) is 3.61. The predicted octanol–water partition coefficient (Wildman–Crippen LogP) is 2.95. The summed E-state index contributed by atoms with van der Waals surface area (Å²) in [6.45, 7) is 6.12. The van der Waals surface area contributed by atoms with Crippen molar-refractivity contribution < 1.29 is 14.6 Å². The summed E-state index contributed by atoms with van der Waals surface area (Å²) in [5, 5.41) is 13.5. The number of carbonyl (C=O) groups is 1. The standard InChI is InChI=1S/C21H29N3O3/c1-13-11-16(22)19-17(23-13)5-4-6-18(19)27-12-21(2,3)24-20(26)14-7-9-15(25)10-8-14/h4-6,11,14-15,25H,7-10,12H2,1-3H3,(H2,22,23)(H,24,26). The number of aliphatic hydroxyl groups excluding tert-OH is 1. The van der Waals surface area contributed by atoms with Crippen molar-refractivity contribution in [2.24, 2.45) is 5.92 Å². The van der Waals surface area contributed by atoms with Crippen molar-refractivity contribution in [3.8, 4) is 5.75 Å². The van der Waals surface area contributed by atoms with Crippen LogP contribution in [0.15, 0.2) is 24.3 Å². The lowest BCUT2D eigenvalue weighted by Gasteiger charge is -2.31. The van der Waals surface area contributed by atoms with E-state index in [1.165, 1.54) is 0 Å². The van der Waals surface area contributed by atoms with Crippen LogP contribution in [0.2, 0.25) is 0 Å². The summed E-state index contributed by atoms with van der Waals surface area (Å²) in [6, 6.07) is 7.51. The van der Waals surface area contributed by atoms with Gasteiger partial charge in [0.2, 0.25) is 5.91 Å². The smallest absolute Gasteiger partial charge is 0.223 e. The van der Waals surface area contributed by atoms with Gasteiger partial charge < -0.3 is 20.9 Å². The highest BCUT2D eigenvalue weighted by Crippen LogP contribution is 2.31. The molecule has 0 aliphatic heterocycles. The largest absolute Gasteiger partial charge is 0.490 e. The number of ether oxygens (including phenoxy) is 1. The number of benzene rings is 1. The van der Waals surface area contributed by atoms with Gasteiger partial charge in [-0.3, -0.25) is 9.78 Å². The summed E-state index contributed by atoms with van der Waals surface area (Å²) in [5.41, 5.74) is 7.95. The van der Waals surface area contributed by atoms with Crippen LogP contribution in [0, 0.1) is 12.8 Å². The molecule has 0 bridgehead atoms. The molecule has 2 aromatic rings. The van der Waals surface area contributed by atoms with Gasteiger partial charge >= 0.3 is 0 Å². The lowest BCUT2D eigenvalue weighted by atomic mass is 9.86. The number of aryl methyl sites for hydroxylation is 1. The second kappa shape index (κ2) is 7.72. The average Bonchev–Trinajstić information content (AvgIpc) is 2.59. The SMILES string of the molecule is Cc1cc(N)c2c(OCC(C)(C)NC(=O)C3CCC(O)CC3)cccc2n1. The molecular formula is C21H29N3O3. The van der Waals surface area contributed by atoms with E-state index in [0.717, 1.165) is 29.4 Å². The molecule has 1 aliphatic carbocycles. The summed E-state index contributed by atoms with van der Waals surface area (Å²) in [5.74, 6) is 0.666. The van der Waals surface area contributed by atoms with E-state index in [4.69, 9.17) is 10.5 Å². The molecule has 27 heavy (non-hydrogen) atoms. The van der Waals surface area contributed by atoms with Crippen molar-refractivity contribution in [1.29, 1.82) is 0 Å². The van der Waals surface area contributed by atoms with Crippen LogP contribution in [0.1, 0.15) is 45.2 Å². The average molecular weight is 371 g/mol. The quantitative estimate of drug-likeness (QED) is 0.751. The number of aromatic nitrogens is 1. The molecule has 6 nitrogen and oxygen atoms in total. The summed E-state index contributed by atoms with van der Waals surface area (Å²) < 4.78 is 6.04. The molecule has 1 aromatic carbocycles. The first-order valence-corrected chi connectivity index (χ1v) is 9.54. The van der Waals surface area contributed by atoms with Crippen molar-refractivity contribution in [3.05, 3.63) is 30.0 Å². The zero-order chi connectivity index (χ0) is 19.6. The first kappa shape index (κ1) is 19.4. The maximum absolute atomic E-state index is 12.6. The molecule has 1 saturated carbocycles. The Hall–Kier alpha value is -2.34. The van der Waals surface area contributed by atoms with Crippen LogP contribution in [0.25, 0.3) is 10.9 Å². The third-order valence-electron chi connectivity index (χ3n) is 5.07. The lowest BCUT2D eigenvalue weighted by molar-refractivity contribution is -0.128. The van der Waals surface area contributed by atoms with E-state index in [0.29, 0.717) is 30.9 Å². The first-order valence-electron chi connectivity index (χ1n) is 9.54. The Morgan fingerprint density at radius 1 is 1.33 bits per heavy atom. The number of pyridine rings is 1. The molecule has 1 amide bonds. The summed E-state index contributed by atoms with van der Waals surface area (Å²) in [7, 11) is 0. The molecule has 6 heteroatoms. The Labute approximate surface area is 160 Å². The van der Waals surface area contributed by atoms with Gasteiger partial charge in [-0.1, -0.05) is 6.07 Å². The number of amides is 1. The number of nitrogens with two attached hydrogens (primary N) is 1. The molecule has 1 aliphatic rings. The molecule has 0 spiro atoms. The van der Waals surface area contributed by atoms with Crippen LogP contribution in [0.4, 0.5) is 5.69 Å². The predicted molar refractivity (Wildman–Crippen MR) is 107 cm³/mol. The minimum atomic E-state index is -0.526. The molecule has 0 radical (unpaired) electrons. The van der Waals surface area contributed by atoms with Crippen LogP contribution >= 0.6 is 0 Å². The number of hydrogen-bond donors (Lipinski definition) is 3. The number of nitrogen functional groups attached to an aromatic ring is 1. The highest BCUT2D eigenvalue weighted by molar-refractivity contribution is 5.95.